The van der Waals surface area contributed by atoms with Crippen molar-refractivity contribution in [3.8, 4) is 0 Å². The van der Waals surface area contributed by atoms with Crippen LogP contribution in [0.25, 0.3) is 10.2 Å². The number of nitrogens with two attached hydrogens (primary N) is 1. The van der Waals surface area contributed by atoms with E-state index in [0.717, 1.165) is 22.4 Å². The molecule has 8 heteroatoms. The number of aromatic nitrogens is 1. The molecule has 4 rings (SSSR count). The molecule has 0 bridgehead atoms. The zero-order valence-corrected chi connectivity index (χ0v) is 19.2. The molecule has 0 aliphatic carbocycles. The number of nitrogens with zero attached hydrogens (tertiary/aromatic N) is 2. The van der Waals surface area contributed by atoms with Crippen molar-refractivity contribution in [3.05, 3.63) is 53.3 Å². The Morgan fingerprint density at radius 3 is 2.62 bits per heavy atom. The third kappa shape index (κ3) is 5.02. The lowest BCUT2D eigenvalue weighted by Gasteiger charge is -2.39. The first-order valence-corrected chi connectivity index (χ1v) is 11.7. The summed E-state index contributed by atoms with van der Waals surface area (Å²) in [5, 5.41) is 14.4. The van der Waals surface area contributed by atoms with Crippen LogP contribution in [-0.2, 0) is 6.54 Å². The normalized spacial score (nSPS) is 16.0. The zero-order chi connectivity index (χ0) is 22.9. The van der Waals surface area contributed by atoms with E-state index in [1.165, 1.54) is 23.5 Å². The molecule has 2 aromatic carbocycles. The lowest BCUT2D eigenvalue weighted by atomic mass is 9.84. The van der Waals surface area contributed by atoms with Crippen molar-refractivity contribution in [1.82, 2.24) is 9.88 Å². The molecule has 6 nitrogen and oxygen atoms in total. The van der Waals surface area contributed by atoms with E-state index < -0.39 is 5.60 Å². The summed E-state index contributed by atoms with van der Waals surface area (Å²) in [7, 11) is 0. The van der Waals surface area contributed by atoms with Crippen LogP contribution in [0.4, 0.5) is 15.2 Å². The highest BCUT2D eigenvalue weighted by atomic mass is 32.1. The summed E-state index contributed by atoms with van der Waals surface area (Å²) < 4.78 is 14.6. The Kier molecular flexibility index (Phi) is 6.35. The van der Waals surface area contributed by atoms with Gasteiger partial charge in [0.15, 0.2) is 5.13 Å². The van der Waals surface area contributed by atoms with Gasteiger partial charge < -0.3 is 21.1 Å². The van der Waals surface area contributed by atoms with Crippen LogP contribution in [0.2, 0.25) is 0 Å². The first-order chi connectivity index (χ1) is 15.2. The standard InChI is InChI=1S/C24H29FN4O2S/c1-15(2)13-24(31)7-9-29(10-8-24)22(30)16-3-5-19(6-4-16)27-14-17-11-18(25)12-20-21(17)28-23(26)32-20/h3-6,11-12,15,27,31H,7-10,13-14H2,1-2H3,(H2,26,28). The van der Waals surface area contributed by atoms with Gasteiger partial charge in [-0.3, -0.25) is 4.79 Å². The summed E-state index contributed by atoms with van der Waals surface area (Å²) in [6, 6.07) is 10.2. The number of aliphatic hydroxyl groups is 1. The van der Waals surface area contributed by atoms with Crippen molar-refractivity contribution in [2.75, 3.05) is 24.1 Å². The van der Waals surface area contributed by atoms with Crippen LogP contribution in [0, 0.1) is 11.7 Å². The summed E-state index contributed by atoms with van der Waals surface area (Å²) in [6.45, 7) is 5.73. The monoisotopic (exact) mass is 456 g/mol. The first kappa shape index (κ1) is 22.5. The van der Waals surface area contributed by atoms with E-state index in [-0.39, 0.29) is 11.7 Å². The van der Waals surface area contributed by atoms with Crippen LogP contribution in [0.1, 0.15) is 49.0 Å². The molecule has 0 radical (unpaired) electrons. The van der Waals surface area contributed by atoms with Gasteiger partial charge >= 0.3 is 0 Å². The SMILES string of the molecule is CC(C)CC1(O)CCN(C(=O)c2ccc(NCc3cc(F)cc4sc(N)nc34)cc2)CC1. The molecular weight excluding hydrogens is 427 g/mol. The number of hydrogen-bond acceptors (Lipinski definition) is 6. The van der Waals surface area contributed by atoms with E-state index in [2.05, 4.69) is 24.1 Å². The highest BCUT2D eigenvalue weighted by Crippen LogP contribution is 2.30. The number of nitrogen functional groups attached to an aromatic ring is 1. The highest BCUT2D eigenvalue weighted by molar-refractivity contribution is 7.22. The Morgan fingerprint density at radius 1 is 1.28 bits per heavy atom. The van der Waals surface area contributed by atoms with Gasteiger partial charge in [-0.1, -0.05) is 25.2 Å². The highest BCUT2D eigenvalue weighted by Gasteiger charge is 2.34. The average molecular weight is 457 g/mol. The third-order valence-electron chi connectivity index (χ3n) is 5.94. The summed E-state index contributed by atoms with van der Waals surface area (Å²) in [5.41, 5.74) is 7.99. The number of nitrogens with one attached hydrogen (secondary N) is 1. The summed E-state index contributed by atoms with van der Waals surface area (Å²) in [5.74, 6) is 0.0901. The van der Waals surface area contributed by atoms with Crippen LogP contribution < -0.4 is 11.1 Å². The summed E-state index contributed by atoms with van der Waals surface area (Å²) in [6.07, 6.45) is 1.99. The molecule has 0 atom stereocenters. The Bertz CT molecular complexity index is 1110. The molecule has 0 saturated carbocycles. The molecule has 32 heavy (non-hydrogen) atoms. The number of rotatable bonds is 6. The van der Waals surface area contributed by atoms with Crippen molar-refractivity contribution in [2.24, 2.45) is 5.92 Å². The maximum Gasteiger partial charge on any atom is 0.253 e. The molecule has 1 amide bonds. The van der Waals surface area contributed by atoms with Crippen LogP contribution in [0.5, 0.6) is 0 Å². The van der Waals surface area contributed by atoms with E-state index in [1.54, 1.807) is 12.1 Å². The number of anilines is 2. The van der Waals surface area contributed by atoms with E-state index in [9.17, 15) is 14.3 Å². The van der Waals surface area contributed by atoms with E-state index in [4.69, 9.17) is 5.73 Å². The number of carbonyl (C=O) groups excluding carboxylic acids is 1. The smallest absolute Gasteiger partial charge is 0.253 e. The maximum atomic E-state index is 13.9. The lowest BCUT2D eigenvalue weighted by Crippen LogP contribution is -2.47. The molecule has 2 heterocycles. The van der Waals surface area contributed by atoms with Crippen molar-refractivity contribution < 1.29 is 14.3 Å². The van der Waals surface area contributed by atoms with E-state index in [0.29, 0.717) is 54.6 Å². The molecule has 1 aliphatic rings. The largest absolute Gasteiger partial charge is 0.390 e. The number of benzene rings is 2. The average Bonchev–Trinajstić information content (AvgIpc) is 3.11. The van der Waals surface area contributed by atoms with Gasteiger partial charge in [0, 0.05) is 36.4 Å². The van der Waals surface area contributed by atoms with Gasteiger partial charge in [-0.25, -0.2) is 9.37 Å². The van der Waals surface area contributed by atoms with E-state index in [1.807, 2.05) is 17.0 Å². The fraction of sp³-hybridized carbons (Fsp3) is 0.417. The molecule has 0 spiro atoms. The minimum absolute atomic E-state index is 0.0204. The Labute approximate surface area is 191 Å². The van der Waals surface area contributed by atoms with Gasteiger partial charge in [0.1, 0.15) is 5.82 Å². The van der Waals surface area contributed by atoms with Gasteiger partial charge in [0.25, 0.3) is 5.91 Å². The maximum absolute atomic E-state index is 13.9. The Balaban J connectivity index is 1.37. The van der Waals surface area contributed by atoms with Crippen LogP contribution in [-0.4, -0.2) is 39.6 Å². The molecule has 1 aromatic heterocycles. The predicted octanol–water partition coefficient (Wildman–Crippen LogP) is 4.64. The van der Waals surface area contributed by atoms with Crippen molar-refractivity contribution >= 4 is 38.3 Å². The molecule has 4 N–H and O–H groups in total. The Hall–Kier alpha value is -2.71. The van der Waals surface area contributed by atoms with E-state index >= 15 is 0 Å². The van der Waals surface area contributed by atoms with Crippen molar-refractivity contribution in [1.29, 1.82) is 0 Å². The Morgan fingerprint density at radius 2 is 1.97 bits per heavy atom. The molecule has 1 aliphatic heterocycles. The van der Waals surface area contributed by atoms with Crippen molar-refractivity contribution in [2.45, 2.75) is 45.3 Å². The quantitative estimate of drug-likeness (QED) is 0.503. The molecular formula is C24H29FN4O2S. The number of amides is 1. The van der Waals surface area contributed by atoms with Crippen LogP contribution in [0.3, 0.4) is 0 Å². The molecule has 3 aromatic rings. The second-order valence-corrected chi connectivity index (χ2v) is 10.1. The topological polar surface area (TPSA) is 91.5 Å². The number of fused-ring (bicyclic) bond motifs is 1. The second kappa shape index (κ2) is 9.03. The number of hydrogen-bond donors (Lipinski definition) is 3. The predicted molar refractivity (Wildman–Crippen MR) is 127 cm³/mol. The number of likely N-dealkylation sites (tertiary alicyclic amines) is 1. The lowest BCUT2D eigenvalue weighted by molar-refractivity contribution is -0.0311. The second-order valence-electron chi connectivity index (χ2n) is 9.01. The number of carbonyl (C=O) groups is 1. The summed E-state index contributed by atoms with van der Waals surface area (Å²) >= 11 is 1.26. The fourth-order valence-electron chi connectivity index (χ4n) is 4.41. The van der Waals surface area contributed by atoms with Gasteiger partial charge in [-0.15, -0.1) is 0 Å². The van der Waals surface area contributed by atoms with Gasteiger partial charge in [0.2, 0.25) is 0 Å². The summed E-state index contributed by atoms with van der Waals surface area (Å²) in [4.78, 5) is 19.0. The minimum Gasteiger partial charge on any atom is -0.390 e. The molecule has 1 saturated heterocycles. The van der Waals surface area contributed by atoms with Gasteiger partial charge in [0.05, 0.1) is 15.8 Å². The van der Waals surface area contributed by atoms with Gasteiger partial charge in [-0.05, 0) is 61.6 Å². The number of halogens is 1. The first-order valence-electron chi connectivity index (χ1n) is 10.9. The molecule has 170 valence electrons. The van der Waals surface area contributed by atoms with Crippen LogP contribution >= 0.6 is 11.3 Å². The number of piperidine rings is 1. The van der Waals surface area contributed by atoms with Crippen LogP contribution in [0.15, 0.2) is 36.4 Å². The van der Waals surface area contributed by atoms with Crippen molar-refractivity contribution in [3.63, 3.8) is 0 Å². The minimum atomic E-state index is -0.664. The molecule has 0 unspecified atom stereocenters. The zero-order valence-electron chi connectivity index (χ0n) is 18.4. The molecule has 1 fully saturated rings. The third-order valence-corrected chi connectivity index (χ3v) is 6.77. The fourth-order valence-corrected chi connectivity index (χ4v) is 5.22. The number of thiazole rings is 1. The van der Waals surface area contributed by atoms with Gasteiger partial charge in [-0.2, -0.15) is 0 Å².